The minimum absolute atomic E-state index is 0.0134. The maximum atomic E-state index is 12.8. The molecule has 2 aromatic rings. The van der Waals surface area contributed by atoms with Crippen molar-refractivity contribution in [3.05, 3.63) is 65.7 Å². The molecule has 0 aliphatic carbocycles. The molecule has 31 heavy (non-hydrogen) atoms. The van der Waals surface area contributed by atoms with Crippen molar-refractivity contribution in [1.29, 1.82) is 0 Å². The van der Waals surface area contributed by atoms with Crippen LogP contribution in [-0.4, -0.2) is 56.3 Å². The molecule has 6 nitrogen and oxygen atoms in total. The maximum Gasteiger partial charge on any atom is 0.416 e. The first-order valence-electron chi connectivity index (χ1n) is 9.75. The molecule has 1 heterocycles. The van der Waals surface area contributed by atoms with Gasteiger partial charge in [0.25, 0.3) is 0 Å². The predicted molar refractivity (Wildman–Crippen MR) is 107 cm³/mol. The molecule has 0 spiro atoms. The lowest BCUT2D eigenvalue weighted by atomic mass is 10.1. The van der Waals surface area contributed by atoms with E-state index in [0.29, 0.717) is 5.56 Å². The lowest BCUT2D eigenvalue weighted by Gasteiger charge is -2.22. The molecule has 1 saturated heterocycles. The summed E-state index contributed by atoms with van der Waals surface area (Å²) in [5.74, 6) is -0.187. The highest BCUT2D eigenvalue weighted by atomic mass is 32.2. The van der Waals surface area contributed by atoms with Crippen LogP contribution in [0.25, 0.3) is 0 Å². The number of amides is 1. The van der Waals surface area contributed by atoms with Crippen molar-refractivity contribution in [2.75, 3.05) is 32.8 Å². The number of ether oxygens (including phenoxy) is 1. The Kier molecular flexibility index (Phi) is 7.34. The van der Waals surface area contributed by atoms with Crippen molar-refractivity contribution < 1.29 is 31.1 Å². The summed E-state index contributed by atoms with van der Waals surface area (Å²) in [5.41, 5.74) is -0.354. The highest BCUT2D eigenvalue weighted by Gasteiger charge is 2.31. The number of hydrogen-bond acceptors (Lipinski definition) is 4. The highest BCUT2D eigenvalue weighted by molar-refractivity contribution is 7.89. The molecule has 1 fully saturated rings. The van der Waals surface area contributed by atoms with Gasteiger partial charge in [0.15, 0.2) is 0 Å². The third-order valence-corrected chi connectivity index (χ3v) is 6.87. The number of benzene rings is 2. The Morgan fingerprint density at radius 3 is 2.42 bits per heavy atom. The fourth-order valence-electron chi connectivity index (χ4n) is 3.27. The molecule has 0 radical (unpaired) electrons. The summed E-state index contributed by atoms with van der Waals surface area (Å²) in [6, 6.07) is 12.9. The SMILES string of the molecule is O=C1CCN(S(=O)(=O)c2ccccc2)CCN1CCOCc1cccc(C(F)(F)F)c1. The zero-order chi connectivity index (χ0) is 22.5. The first kappa shape index (κ1) is 23.2. The van der Waals surface area contributed by atoms with E-state index < -0.39 is 21.8 Å². The molecule has 1 aliphatic rings. The average molecular weight is 456 g/mol. The Bertz CT molecular complexity index is 997. The average Bonchev–Trinajstić information content (AvgIpc) is 2.93. The van der Waals surface area contributed by atoms with Crippen LogP contribution in [0, 0.1) is 0 Å². The number of nitrogens with zero attached hydrogens (tertiary/aromatic N) is 2. The predicted octanol–water partition coefficient (Wildman–Crippen LogP) is 3.15. The number of carbonyl (C=O) groups is 1. The zero-order valence-electron chi connectivity index (χ0n) is 16.7. The molecular weight excluding hydrogens is 433 g/mol. The van der Waals surface area contributed by atoms with Gasteiger partial charge in [-0.1, -0.05) is 30.3 Å². The van der Waals surface area contributed by atoms with Crippen molar-refractivity contribution >= 4 is 15.9 Å². The van der Waals surface area contributed by atoms with Gasteiger partial charge in [0.2, 0.25) is 15.9 Å². The van der Waals surface area contributed by atoms with Crippen LogP contribution in [0.4, 0.5) is 13.2 Å². The molecule has 0 atom stereocenters. The Balaban J connectivity index is 1.51. The van der Waals surface area contributed by atoms with Crippen LogP contribution in [0.3, 0.4) is 0 Å². The van der Waals surface area contributed by atoms with E-state index in [0.717, 1.165) is 12.1 Å². The minimum atomic E-state index is -4.42. The van der Waals surface area contributed by atoms with Gasteiger partial charge in [0.1, 0.15) is 0 Å². The second-order valence-electron chi connectivity index (χ2n) is 7.10. The van der Waals surface area contributed by atoms with Crippen LogP contribution in [0.5, 0.6) is 0 Å². The first-order valence-corrected chi connectivity index (χ1v) is 11.2. The van der Waals surface area contributed by atoms with Gasteiger partial charge in [-0.2, -0.15) is 17.5 Å². The van der Waals surface area contributed by atoms with Crippen molar-refractivity contribution in [2.45, 2.75) is 24.1 Å². The van der Waals surface area contributed by atoms with Gasteiger partial charge in [-0.15, -0.1) is 0 Å². The summed E-state index contributed by atoms with van der Waals surface area (Å²) in [6.07, 6.45) is -4.36. The summed E-state index contributed by atoms with van der Waals surface area (Å²) in [4.78, 5) is 14.1. The molecule has 1 aliphatic heterocycles. The summed E-state index contributed by atoms with van der Waals surface area (Å²) in [6.45, 7) is 0.830. The van der Waals surface area contributed by atoms with E-state index in [2.05, 4.69) is 0 Å². The zero-order valence-corrected chi connectivity index (χ0v) is 17.5. The molecule has 3 rings (SSSR count). The molecule has 0 N–H and O–H groups in total. The van der Waals surface area contributed by atoms with Crippen molar-refractivity contribution in [2.24, 2.45) is 0 Å². The molecule has 0 saturated carbocycles. The van der Waals surface area contributed by atoms with E-state index in [-0.39, 0.29) is 56.6 Å². The van der Waals surface area contributed by atoms with Gasteiger partial charge in [-0.3, -0.25) is 4.79 Å². The second kappa shape index (κ2) is 9.80. The van der Waals surface area contributed by atoms with Crippen LogP contribution in [0.15, 0.2) is 59.5 Å². The number of halogens is 3. The van der Waals surface area contributed by atoms with Gasteiger partial charge < -0.3 is 9.64 Å². The smallest absolute Gasteiger partial charge is 0.375 e. The Morgan fingerprint density at radius 2 is 1.71 bits per heavy atom. The van der Waals surface area contributed by atoms with Crippen LogP contribution >= 0.6 is 0 Å². The molecule has 2 aromatic carbocycles. The standard InChI is InChI=1S/C21H23F3N2O4S/c22-21(23,24)18-6-4-5-17(15-18)16-30-14-13-25-11-12-26(10-9-20(25)27)31(28,29)19-7-2-1-3-8-19/h1-8,15H,9-14,16H2. The first-order chi connectivity index (χ1) is 14.7. The van der Waals surface area contributed by atoms with E-state index in [1.165, 1.54) is 27.4 Å². The molecule has 0 bridgehead atoms. The summed E-state index contributed by atoms with van der Waals surface area (Å²) >= 11 is 0. The number of carbonyl (C=O) groups excluding carboxylic acids is 1. The summed E-state index contributed by atoms with van der Waals surface area (Å²) in [5, 5.41) is 0. The van der Waals surface area contributed by atoms with Crippen LogP contribution in [0.1, 0.15) is 17.5 Å². The van der Waals surface area contributed by atoms with E-state index >= 15 is 0 Å². The van der Waals surface area contributed by atoms with Crippen molar-refractivity contribution in [1.82, 2.24) is 9.21 Å². The number of sulfonamides is 1. The van der Waals surface area contributed by atoms with Gasteiger partial charge in [0.05, 0.1) is 23.7 Å². The van der Waals surface area contributed by atoms with E-state index in [1.54, 1.807) is 24.3 Å². The normalized spacial score (nSPS) is 16.4. The number of alkyl halides is 3. The fourth-order valence-corrected chi connectivity index (χ4v) is 4.72. The van der Waals surface area contributed by atoms with Crippen LogP contribution < -0.4 is 0 Å². The maximum absolute atomic E-state index is 12.8. The van der Waals surface area contributed by atoms with Gasteiger partial charge in [0, 0.05) is 32.6 Å². The second-order valence-corrected chi connectivity index (χ2v) is 9.04. The molecule has 1 amide bonds. The van der Waals surface area contributed by atoms with E-state index in [9.17, 15) is 26.4 Å². The summed E-state index contributed by atoms with van der Waals surface area (Å²) in [7, 11) is -3.68. The molecule has 0 unspecified atom stereocenters. The third kappa shape index (κ3) is 6.05. The minimum Gasteiger partial charge on any atom is -0.375 e. The van der Waals surface area contributed by atoms with Crippen LogP contribution in [0.2, 0.25) is 0 Å². The fraction of sp³-hybridized carbons (Fsp3) is 0.381. The Hall–Kier alpha value is -2.43. The molecule has 0 aromatic heterocycles. The molecular formula is C21H23F3N2O4S. The van der Waals surface area contributed by atoms with E-state index in [4.69, 9.17) is 4.74 Å². The summed E-state index contributed by atoms with van der Waals surface area (Å²) < 4.78 is 70.6. The lowest BCUT2D eigenvalue weighted by molar-refractivity contribution is -0.137. The molecule has 168 valence electrons. The Labute approximate surface area is 179 Å². The molecule has 10 heteroatoms. The number of rotatable bonds is 7. The monoisotopic (exact) mass is 456 g/mol. The van der Waals surface area contributed by atoms with E-state index in [1.807, 2.05) is 0 Å². The number of hydrogen-bond donors (Lipinski definition) is 0. The lowest BCUT2D eigenvalue weighted by Crippen LogP contribution is -2.37. The quantitative estimate of drug-likeness (QED) is 0.601. The Morgan fingerprint density at radius 1 is 0.968 bits per heavy atom. The van der Waals surface area contributed by atoms with Gasteiger partial charge >= 0.3 is 6.18 Å². The van der Waals surface area contributed by atoms with Crippen molar-refractivity contribution in [3.63, 3.8) is 0 Å². The van der Waals surface area contributed by atoms with Crippen molar-refractivity contribution in [3.8, 4) is 0 Å². The van der Waals surface area contributed by atoms with Gasteiger partial charge in [-0.25, -0.2) is 8.42 Å². The van der Waals surface area contributed by atoms with Gasteiger partial charge in [-0.05, 0) is 29.8 Å². The van der Waals surface area contributed by atoms with Crippen LogP contribution in [-0.2, 0) is 32.3 Å². The largest absolute Gasteiger partial charge is 0.416 e. The topological polar surface area (TPSA) is 66.9 Å². The third-order valence-electron chi connectivity index (χ3n) is 4.96. The highest BCUT2D eigenvalue weighted by Crippen LogP contribution is 2.29.